The Bertz CT molecular complexity index is 4140. The van der Waals surface area contributed by atoms with Crippen molar-refractivity contribution in [3.63, 3.8) is 0 Å². The zero-order valence-electron chi connectivity index (χ0n) is 63.7. The van der Waals surface area contributed by atoms with Crippen LogP contribution in [0.1, 0.15) is 130 Å². The van der Waals surface area contributed by atoms with Crippen LogP contribution in [0.25, 0.3) is 87.2 Å². The van der Waals surface area contributed by atoms with Crippen LogP contribution in [0, 0.1) is 0 Å². The summed E-state index contributed by atoms with van der Waals surface area (Å²) in [5.41, 5.74) is 9.56. The van der Waals surface area contributed by atoms with Crippen LogP contribution in [0.4, 0.5) is 0 Å². The third-order valence-corrected chi connectivity index (χ3v) is 13.9. The number of nitrogens with zero attached hydrogens (tertiary/aromatic N) is 17. The van der Waals surface area contributed by atoms with Gasteiger partial charge in [-0.2, -0.15) is 22.3 Å². The molecule has 550 valence electrons. The molecular weight excluding hydrogens is 1350 g/mol. The van der Waals surface area contributed by atoms with Gasteiger partial charge in [0.2, 0.25) is 0 Å². The van der Waals surface area contributed by atoms with Gasteiger partial charge in [-0.1, -0.05) is 203 Å². The van der Waals surface area contributed by atoms with Crippen LogP contribution in [-0.4, -0.2) is 109 Å². The first-order valence-electron chi connectivity index (χ1n) is 35.3. The van der Waals surface area contributed by atoms with Gasteiger partial charge in [-0.3, -0.25) is 35.0 Å². The standard InChI is InChI=1S/2C9H7N.2C8H6N2.2C6H5N3.C6H4N2O2S.C6H4N2S.C5H4N4.9C2H6/c1-2-6-9-8(4-1)5-3-7-10-9;1-2-4-9-7-10-6-5-8(9)3-1;1-2-4-8-7(3-1)5-9-6-10-8;1-2-4-8-7(3-1)9-5-6-10-8;1-2-5-6(7-3-1)9-4-8-5;1-2-5-4-8-9-6(5)7-3-1;9-11(10)6-2-1-3-7-5(6)4-8-11;1-2-6-5(7-3-1)4-8-9-6;1-4-5(8-2-6-1)9-3-7-4;9*1-2/h2*1-7H;2*1-6H;2*1-4H,(H,7,8,9);1-4H;1-4H;1-3H,(H,6,7,8,9);9*1-2H3. The van der Waals surface area contributed by atoms with Crippen molar-refractivity contribution in [1.82, 2.24) is 94.3 Å². The molecule has 0 unspecified atom stereocenters. The summed E-state index contributed by atoms with van der Waals surface area (Å²) in [6.07, 6.45) is 30.2. The van der Waals surface area contributed by atoms with Gasteiger partial charge < -0.3 is 9.97 Å². The summed E-state index contributed by atoms with van der Waals surface area (Å²) in [6.45, 7) is 36.0. The van der Waals surface area contributed by atoms with Crippen molar-refractivity contribution >= 4 is 115 Å². The van der Waals surface area contributed by atoms with E-state index in [9.17, 15) is 8.42 Å². The molecule has 0 saturated heterocycles. The molecule has 3 N–H and O–H groups in total. The highest BCUT2D eigenvalue weighted by molar-refractivity contribution is 7.90. The van der Waals surface area contributed by atoms with Crippen molar-refractivity contribution in [3.05, 3.63) is 275 Å². The summed E-state index contributed by atoms with van der Waals surface area (Å²) in [4.78, 5) is 61.9. The third-order valence-electron chi connectivity index (χ3n) is 11.9. The molecule has 0 atom stereocenters. The minimum Gasteiger partial charge on any atom is -0.343 e. The first-order chi connectivity index (χ1) is 51.9. The van der Waals surface area contributed by atoms with Crippen LogP contribution in [0.2, 0.25) is 0 Å². The van der Waals surface area contributed by atoms with E-state index in [1.54, 1.807) is 74.6 Å². The Morgan fingerprint density at radius 3 is 1.38 bits per heavy atom. The van der Waals surface area contributed by atoms with Gasteiger partial charge in [-0.15, -0.1) is 0 Å². The Morgan fingerprint density at radius 2 is 0.790 bits per heavy atom. The Morgan fingerprint density at radius 1 is 0.324 bits per heavy atom. The molecule has 13 aromatic heterocycles. The van der Waals surface area contributed by atoms with Crippen LogP contribution in [0.3, 0.4) is 0 Å². The zero-order valence-corrected chi connectivity index (χ0v) is 65.3. The van der Waals surface area contributed by atoms with Gasteiger partial charge in [0.1, 0.15) is 34.3 Å². The molecule has 1 aliphatic heterocycles. The summed E-state index contributed by atoms with van der Waals surface area (Å²) in [7, 11) is -3.40. The number of hydrogen-bond acceptors (Lipinski definition) is 19. The van der Waals surface area contributed by atoms with E-state index in [2.05, 4.69) is 123 Å². The number of hydrogen-bond donors (Lipinski definition) is 3. The van der Waals surface area contributed by atoms with Gasteiger partial charge in [-0.25, -0.2) is 39.9 Å². The second-order valence-corrected chi connectivity index (χ2v) is 20.0. The van der Waals surface area contributed by atoms with Gasteiger partial charge in [0.05, 0.1) is 69.7 Å². The largest absolute Gasteiger partial charge is 0.343 e. The van der Waals surface area contributed by atoms with E-state index < -0.39 is 10.0 Å². The molecule has 1 aliphatic rings. The molecule has 18 rings (SSSR count). The molecule has 105 heavy (non-hydrogen) atoms. The van der Waals surface area contributed by atoms with Gasteiger partial charge >= 0.3 is 0 Å². The molecule has 22 nitrogen and oxygen atoms in total. The van der Waals surface area contributed by atoms with Gasteiger partial charge in [0, 0.05) is 78.1 Å². The molecule has 0 radical (unpaired) electrons. The lowest BCUT2D eigenvalue weighted by Crippen LogP contribution is -1.93. The van der Waals surface area contributed by atoms with Crippen LogP contribution in [-0.2, 0) is 10.0 Å². The number of aromatic nitrogens is 19. The first kappa shape index (κ1) is 91.0. The SMILES string of the molecule is CC.CC.CC.CC.CC.CC.CC.CC.CC.O=S1(=O)N=Cc2ncccc21.c1ccc2cnccc2c1.c1ccc2ncccc2c1.c1ccc2nccnc2c1.c1ccc2ncncc2c1.c1cnc2[nH]ncc2c1.c1cnc2cnsc2c1.c1cnc2nc[nH]c2c1.c1ncc2[nH]cnc2n1. The maximum Gasteiger partial charge on any atom is 0.284 e. The fourth-order valence-corrected chi connectivity index (χ4v) is 9.30. The summed E-state index contributed by atoms with van der Waals surface area (Å²) >= 11 is 1.47. The minimum absolute atomic E-state index is 0.194. The number of pyridine rings is 6. The molecule has 0 aliphatic carbocycles. The average Bonchev–Trinajstić information content (AvgIpc) is 1.66. The predicted molar refractivity (Wildman–Crippen MR) is 441 cm³/mol. The van der Waals surface area contributed by atoms with Crippen LogP contribution in [0.15, 0.2) is 279 Å². The van der Waals surface area contributed by atoms with Gasteiger partial charge in [-0.05, 0) is 107 Å². The average molecular weight is 1450 g/mol. The van der Waals surface area contributed by atoms with Gasteiger partial charge in [0.15, 0.2) is 16.9 Å². The zero-order chi connectivity index (χ0) is 77.6. The molecule has 24 heteroatoms. The lowest BCUT2D eigenvalue weighted by atomic mass is 10.2. The van der Waals surface area contributed by atoms with E-state index in [0.29, 0.717) is 11.3 Å². The number of nitrogens with one attached hydrogen (secondary N) is 3. The molecule has 14 heterocycles. The van der Waals surface area contributed by atoms with E-state index in [1.165, 1.54) is 52.5 Å². The van der Waals surface area contributed by atoms with Crippen molar-refractivity contribution in [3.8, 4) is 0 Å². The topological polar surface area (TPSA) is 300 Å². The maximum absolute atomic E-state index is 11.0. The van der Waals surface area contributed by atoms with Crippen molar-refractivity contribution in [2.75, 3.05) is 0 Å². The number of imidazole rings is 2. The fourth-order valence-electron chi connectivity index (χ4n) is 7.72. The maximum atomic E-state index is 11.0. The monoisotopic (exact) mass is 1450 g/mol. The number of H-pyrrole nitrogens is 3. The molecular formula is C81H102N20O2S2. The second kappa shape index (κ2) is 58.6. The van der Waals surface area contributed by atoms with Crippen molar-refractivity contribution in [1.29, 1.82) is 0 Å². The molecule has 17 aromatic rings. The number of para-hydroxylation sites is 4. The summed E-state index contributed by atoms with van der Waals surface area (Å²) < 4.78 is 30.5. The molecule has 4 aromatic carbocycles. The second-order valence-electron chi connectivity index (χ2n) is 17.6. The van der Waals surface area contributed by atoms with E-state index in [-0.39, 0.29) is 4.90 Å². The highest BCUT2D eigenvalue weighted by Crippen LogP contribution is 2.19. The van der Waals surface area contributed by atoms with E-state index >= 15 is 0 Å². The number of benzene rings is 4. The predicted octanol–water partition coefficient (Wildman–Crippen LogP) is 21.1. The lowest BCUT2D eigenvalue weighted by Gasteiger charge is -1.91. The van der Waals surface area contributed by atoms with Crippen molar-refractivity contribution in [2.45, 2.75) is 130 Å². The Balaban J connectivity index is 0.000000575. The molecule has 0 amide bonds. The lowest BCUT2D eigenvalue weighted by molar-refractivity contribution is 0.599. The Labute approximate surface area is 623 Å². The highest BCUT2D eigenvalue weighted by Gasteiger charge is 2.22. The van der Waals surface area contributed by atoms with Crippen molar-refractivity contribution < 1.29 is 8.42 Å². The molecule has 0 bridgehead atoms. The van der Waals surface area contributed by atoms with Crippen LogP contribution >= 0.6 is 11.5 Å². The minimum atomic E-state index is -3.40. The van der Waals surface area contributed by atoms with E-state index in [0.717, 1.165) is 65.4 Å². The molecule has 0 spiro atoms. The summed E-state index contributed by atoms with van der Waals surface area (Å²) in [5, 5.41) is 12.4. The number of sulfonamides is 1. The first-order valence-corrected chi connectivity index (χ1v) is 37.5. The number of fused-ring (bicyclic) bond motifs is 9. The normalized spacial score (nSPS) is 9.73. The van der Waals surface area contributed by atoms with Gasteiger partial charge in [0.25, 0.3) is 10.0 Å². The molecule has 0 fully saturated rings. The van der Waals surface area contributed by atoms with Crippen molar-refractivity contribution in [2.24, 2.45) is 4.40 Å². The van der Waals surface area contributed by atoms with Crippen LogP contribution in [0.5, 0.6) is 0 Å². The highest BCUT2D eigenvalue weighted by atomic mass is 32.2. The Kier molecular flexibility index (Phi) is 50.8. The third kappa shape index (κ3) is 32.7. The smallest absolute Gasteiger partial charge is 0.284 e. The summed E-state index contributed by atoms with van der Waals surface area (Å²) in [5.74, 6) is 0. The Hall–Kier alpha value is -12.0. The van der Waals surface area contributed by atoms with E-state index in [4.69, 9.17) is 0 Å². The van der Waals surface area contributed by atoms with E-state index in [1.807, 2.05) is 277 Å². The fraction of sp³-hybridized carbons (Fsp3) is 0.222. The molecule has 0 saturated carbocycles. The number of aromatic amines is 3. The quantitative estimate of drug-likeness (QED) is 0.127. The van der Waals surface area contributed by atoms with Crippen LogP contribution < -0.4 is 0 Å². The summed E-state index contributed by atoms with van der Waals surface area (Å²) in [6, 6.07) is 52.7. The number of rotatable bonds is 0.